The summed E-state index contributed by atoms with van der Waals surface area (Å²) < 4.78 is 0. The number of carbonyl (C=O) groups excluding carboxylic acids is 1. The number of hydrogen-bond donors (Lipinski definition) is 0. The van der Waals surface area contributed by atoms with Crippen LogP contribution < -0.4 is 0 Å². The number of carbonyl (C=O) groups is 1. The number of Topliss-reactive ketones (excluding diaryl/α,β-unsaturated/α-hetero) is 1. The molecule has 86 valence electrons. The van der Waals surface area contributed by atoms with Gasteiger partial charge in [-0.3, -0.25) is 9.69 Å². The first-order chi connectivity index (χ1) is 7.74. The van der Waals surface area contributed by atoms with Crippen LogP contribution in [0.2, 0.25) is 0 Å². The third-order valence-electron chi connectivity index (χ3n) is 3.16. The molecule has 0 bridgehead atoms. The second-order valence-corrected chi connectivity index (χ2v) is 4.66. The Morgan fingerprint density at radius 1 is 1.31 bits per heavy atom. The Kier molecular flexibility index (Phi) is 3.73. The molecule has 1 unspecified atom stereocenters. The fourth-order valence-electron chi connectivity index (χ4n) is 2.07. The van der Waals surface area contributed by atoms with Crippen LogP contribution in [-0.4, -0.2) is 30.3 Å². The minimum atomic E-state index is 0.412. The lowest BCUT2D eigenvalue weighted by atomic mass is 10.1. The first-order valence-electron chi connectivity index (χ1n) is 6.03. The molecule has 1 aliphatic heterocycles. The minimum absolute atomic E-state index is 0.412. The number of likely N-dealkylation sites (tertiary alicyclic amines) is 1. The molecule has 2 aliphatic rings. The SMILES string of the molecule is CC1C=CC=C(CN2CCC(=O)CC2)C=C1. The van der Waals surface area contributed by atoms with Gasteiger partial charge in [-0.25, -0.2) is 0 Å². The number of hydrogen-bond acceptors (Lipinski definition) is 2. The third-order valence-corrected chi connectivity index (χ3v) is 3.16. The molecular formula is C14H19NO. The Morgan fingerprint density at radius 3 is 2.81 bits per heavy atom. The lowest BCUT2D eigenvalue weighted by Gasteiger charge is -2.26. The summed E-state index contributed by atoms with van der Waals surface area (Å²) in [5.74, 6) is 0.937. The summed E-state index contributed by atoms with van der Waals surface area (Å²) in [5.41, 5.74) is 1.34. The van der Waals surface area contributed by atoms with Crippen molar-refractivity contribution >= 4 is 5.78 Å². The summed E-state index contributed by atoms with van der Waals surface area (Å²) in [4.78, 5) is 13.5. The molecule has 0 spiro atoms. The molecular weight excluding hydrogens is 198 g/mol. The van der Waals surface area contributed by atoms with Crippen LogP contribution >= 0.6 is 0 Å². The van der Waals surface area contributed by atoms with E-state index >= 15 is 0 Å². The second kappa shape index (κ2) is 5.26. The van der Waals surface area contributed by atoms with E-state index in [0.717, 1.165) is 32.5 Å². The van der Waals surface area contributed by atoms with Gasteiger partial charge in [-0.15, -0.1) is 0 Å². The van der Waals surface area contributed by atoms with Crippen molar-refractivity contribution in [1.82, 2.24) is 4.90 Å². The summed E-state index contributed by atoms with van der Waals surface area (Å²) in [6.45, 7) is 5.00. The Labute approximate surface area is 97.3 Å². The van der Waals surface area contributed by atoms with Gasteiger partial charge in [0.15, 0.2) is 0 Å². The van der Waals surface area contributed by atoms with Gasteiger partial charge in [-0.1, -0.05) is 37.3 Å². The minimum Gasteiger partial charge on any atom is -0.300 e. The third kappa shape index (κ3) is 3.17. The summed E-state index contributed by atoms with van der Waals surface area (Å²) in [5, 5.41) is 0. The van der Waals surface area contributed by atoms with Crippen molar-refractivity contribution in [1.29, 1.82) is 0 Å². The molecule has 2 rings (SSSR count). The number of ketones is 1. The van der Waals surface area contributed by atoms with Crippen LogP contribution in [0.1, 0.15) is 19.8 Å². The summed E-state index contributed by atoms with van der Waals surface area (Å²) >= 11 is 0. The van der Waals surface area contributed by atoms with E-state index in [2.05, 4.69) is 42.2 Å². The largest absolute Gasteiger partial charge is 0.300 e. The molecule has 2 nitrogen and oxygen atoms in total. The number of allylic oxidation sites excluding steroid dienone is 4. The van der Waals surface area contributed by atoms with E-state index < -0.39 is 0 Å². The van der Waals surface area contributed by atoms with Gasteiger partial charge >= 0.3 is 0 Å². The molecule has 0 radical (unpaired) electrons. The first-order valence-corrected chi connectivity index (χ1v) is 6.03. The number of rotatable bonds is 2. The highest BCUT2D eigenvalue weighted by atomic mass is 16.1. The molecule has 16 heavy (non-hydrogen) atoms. The highest BCUT2D eigenvalue weighted by Gasteiger charge is 2.16. The quantitative estimate of drug-likeness (QED) is 0.707. The zero-order valence-corrected chi connectivity index (χ0v) is 9.86. The fourth-order valence-corrected chi connectivity index (χ4v) is 2.07. The maximum absolute atomic E-state index is 11.1. The lowest BCUT2D eigenvalue weighted by molar-refractivity contribution is -0.121. The van der Waals surface area contributed by atoms with E-state index in [9.17, 15) is 4.79 Å². The van der Waals surface area contributed by atoms with Crippen molar-refractivity contribution in [2.45, 2.75) is 19.8 Å². The molecule has 0 aromatic rings. The van der Waals surface area contributed by atoms with Crippen LogP contribution in [-0.2, 0) is 4.79 Å². The van der Waals surface area contributed by atoms with Crippen LogP contribution in [0.25, 0.3) is 0 Å². The van der Waals surface area contributed by atoms with Crippen LogP contribution in [0.4, 0.5) is 0 Å². The Bertz CT molecular complexity index is 342. The van der Waals surface area contributed by atoms with E-state index in [1.807, 2.05) is 0 Å². The average Bonchev–Trinajstić information content (AvgIpc) is 2.47. The zero-order chi connectivity index (χ0) is 11.4. The smallest absolute Gasteiger partial charge is 0.135 e. The van der Waals surface area contributed by atoms with Gasteiger partial charge in [0.25, 0.3) is 0 Å². The van der Waals surface area contributed by atoms with Crippen molar-refractivity contribution in [2.75, 3.05) is 19.6 Å². The molecule has 2 heteroatoms. The highest BCUT2D eigenvalue weighted by molar-refractivity contribution is 5.79. The van der Waals surface area contributed by atoms with Gasteiger partial charge in [0.2, 0.25) is 0 Å². The van der Waals surface area contributed by atoms with Gasteiger partial charge in [-0.2, -0.15) is 0 Å². The van der Waals surface area contributed by atoms with E-state index in [-0.39, 0.29) is 0 Å². The van der Waals surface area contributed by atoms with Gasteiger partial charge < -0.3 is 0 Å². The lowest BCUT2D eigenvalue weighted by Crippen LogP contribution is -2.34. The summed E-state index contributed by atoms with van der Waals surface area (Å²) in [6.07, 6.45) is 12.4. The predicted octanol–water partition coefficient (Wildman–Crippen LogP) is 2.34. The monoisotopic (exact) mass is 217 g/mol. The molecule has 1 fully saturated rings. The van der Waals surface area contributed by atoms with Crippen molar-refractivity contribution in [3.63, 3.8) is 0 Å². The van der Waals surface area contributed by atoms with Crippen molar-refractivity contribution in [3.05, 3.63) is 36.0 Å². The van der Waals surface area contributed by atoms with Gasteiger partial charge in [0.05, 0.1) is 0 Å². The highest BCUT2D eigenvalue weighted by Crippen LogP contribution is 2.13. The molecule has 0 amide bonds. The standard InChI is InChI=1S/C14H19NO/c1-12-3-2-4-13(6-5-12)11-15-9-7-14(16)8-10-15/h2-6,12H,7-11H2,1H3. The van der Waals surface area contributed by atoms with Gasteiger partial charge in [-0.05, 0) is 11.5 Å². The van der Waals surface area contributed by atoms with Gasteiger partial charge in [0.1, 0.15) is 5.78 Å². The molecule has 1 heterocycles. The van der Waals surface area contributed by atoms with Crippen LogP contribution in [0, 0.1) is 5.92 Å². The van der Waals surface area contributed by atoms with E-state index in [1.54, 1.807) is 0 Å². The Hall–Kier alpha value is -1.15. The van der Waals surface area contributed by atoms with Crippen molar-refractivity contribution < 1.29 is 4.79 Å². The Morgan fingerprint density at radius 2 is 2.06 bits per heavy atom. The fraction of sp³-hybridized carbons (Fsp3) is 0.500. The first kappa shape index (κ1) is 11.3. The summed E-state index contributed by atoms with van der Waals surface area (Å²) in [6, 6.07) is 0. The van der Waals surface area contributed by atoms with Gasteiger partial charge in [0, 0.05) is 32.5 Å². The maximum atomic E-state index is 11.1. The van der Waals surface area contributed by atoms with Crippen LogP contribution in [0.5, 0.6) is 0 Å². The van der Waals surface area contributed by atoms with Crippen LogP contribution in [0.15, 0.2) is 36.0 Å². The average molecular weight is 217 g/mol. The van der Waals surface area contributed by atoms with Crippen LogP contribution in [0.3, 0.4) is 0 Å². The Balaban J connectivity index is 1.90. The van der Waals surface area contributed by atoms with Crippen molar-refractivity contribution in [2.24, 2.45) is 5.92 Å². The molecule has 0 saturated carbocycles. The number of piperidine rings is 1. The van der Waals surface area contributed by atoms with E-state index in [4.69, 9.17) is 0 Å². The molecule has 0 aromatic heterocycles. The molecule has 1 aliphatic carbocycles. The molecule has 1 saturated heterocycles. The summed E-state index contributed by atoms with van der Waals surface area (Å²) in [7, 11) is 0. The predicted molar refractivity (Wildman–Crippen MR) is 66.2 cm³/mol. The second-order valence-electron chi connectivity index (χ2n) is 4.66. The maximum Gasteiger partial charge on any atom is 0.135 e. The van der Waals surface area contributed by atoms with Crippen molar-refractivity contribution in [3.8, 4) is 0 Å². The normalized spacial score (nSPS) is 26.7. The zero-order valence-electron chi connectivity index (χ0n) is 9.86. The molecule has 1 atom stereocenters. The molecule has 0 aromatic carbocycles. The van der Waals surface area contributed by atoms with E-state index in [0.29, 0.717) is 11.7 Å². The topological polar surface area (TPSA) is 20.3 Å². The van der Waals surface area contributed by atoms with E-state index in [1.165, 1.54) is 5.57 Å². The number of nitrogens with zero attached hydrogens (tertiary/aromatic N) is 1. The molecule has 0 N–H and O–H groups in total.